The minimum absolute atomic E-state index is 0.864. The predicted molar refractivity (Wildman–Crippen MR) is 109 cm³/mol. The topological polar surface area (TPSA) is 34.0 Å². The molecule has 132 valence electrons. The summed E-state index contributed by atoms with van der Waals surface area (Å²) < 4.78 is 5.33. The van der Waals surface area contributed by atoms with E-state index < -0.39 is 0 Å². The Morgan fingerprint density at radius 3 is 1.40 bits per heavy atom. The van der Waals surface area contributed by atoms with Crippen LogP contribution in [-0.2, 0) is 0 Å². The smallest absolute Gasteiger partial charge is 0.119 e. The zero-order valence-electron chi connectivity index (χ0n) is 16.6. The highest BCUT2D eigenvalue weighted by Gasteiger charge is 2.08. The van der Waals surface area contributed by atoms with Gasteiger partial charge in [-0.05, 0) is 82.9 Å². The second kappa shape index (κ2) is 7.64. The van der Waals surface area contributed by atoms with Gasteiger partial charge in [0.15, 0.2) is 0 Å². The molecule has 2 aromatic carbocycles. The van der Waals surface area contributed by atoms with Gasteiger partial charge in [0.05, 0.1) is 29.9 Å². The standard InChI is InChI=1S/C22H28N2O/c1-13-9-14(2)21(15(3)10-13)23-18(6)19(7)24-22-16(4)11-20(25-8)12-17(22)5/h9-12H,1-8H3. The third-order valence-corrected chi connectivity index (χ3v) is 4.42. The molecule has 2 aromatic rings. The van der Waals surface area contributed by atoms with E-state index in [0.29, 0.717) is 0 Å². The van der Waals surface area contributed by atoms with Gasteiger partial charge in [-0.3, -0.25) is 9.98 Å². The van der Waals surface area contributed by atoms with E-state index in [1.807, 2.05) is 26.0 Å². The molecule has 0 amide bonds. The zero-order chi connectivity index (χ0) is 18.7. The summed E-state index contributed by atoms with van der Waals surface area (Å²) in [5.41, 5.74) is 9.76. The Hall–Kier alpha value is -2.42. The lowest BCUT2D eigenvalue weighted by molar-refractivity contribution is 0.414. The van der Waals surface area contributed by atoms with Crippen LogP contribution in [0.1, 0.15) is 41.7 Å². The third-order valence-electron chi connectivity index (χ3n) is 4.42. The van der Waals surface area contributed by atoms with Gasteiger partial charge in [-0.15, -0.1) is 0 Å². The van der Waals surface area contributed by atoms with Crippen LogP contribution >= 0.6 is 0 Å². The average Bonchev–Trinajstić information content (AvgIpc) is 2.53. The first kappa shape index (κ1) is 18.9. The number of nitrogens with zero attached hydrogens (tertiary/aromatic N) is 2. The normalized spacial score (nSPS) is 12.5. The predicted octanol–water partition coefficient (Wildman–Crippen LogP) is 6.12. The van der Waals surface area contributed by atoms with E-state index in [2.05, 4.69) is 46.8 Å². The van der Waals surface area contributed by atoms with Gasteiger partial charge < -0.3 is 4.74 Å². The van der Waals surface area contributed by atoms with Crippen LogP contribution in [-0.4, -0.2) is 18.5 Å². The molecule has 3 heteroatoms. The van der Waals surface area contributed by atoms with Crippen molar-refractivity contribution in [2.75, 3.05) is 7.11 Å². The molecule has 0 saturated heterocycles. The minimum Gasteiger partial charge on any atom is -0.497 e. The molecule has 0 saturated carbocycles. The first-order chi connectivity index (χ1) is 11.7. The number of ether oxygens (including phenoxy) is 1. The van der Waals surface area contributed by atoms with E-state index in [4.69, 9.17) is 14.7 Å². The molecule has 2 rings (SSSR count). The average molecular weight is 336 g/mol. The summed E-state index contributed by atoms with van der Waals surface area (Å²) in [6, 6.07) is 8.37. The van der Waals surface area contributed by atoms with E-state index in [-0.39, 0.29) is 0 Å². The zero-order valence-corrected chi connectivity index (χ0v) is 16.6. The van der Waals surface area contributed by atoms with Crippen molar-refractivity contribution < 1.29 is 4.74 Å². The van der Waals surface area contributed by atoms with Gasteiger partial charge in [-0.25, -0.2) is 0 Å². The van der Waals surface area contributed by atoms with Crippen molar-refractivity contribution in [2.24, 2.45) is 9.98 Å². The Kier molecular flexibility index (Phi) is 5.78. The lowest BCUT2D eigenvalue weighted by Gasteiger charge is -2.11. The minimum atomic E-state index is 0.864. The Balaban J connectivity index is 2.44. The molecule has 0 fully saturated rings. The highest BCUT2D eigenvalue weighted by Crippen LogP contribution is 2.29. The quantitative estimate of drug-likeness (QED) is 0.619. The van der Waals surface area contributed by atoms with Crippen molar-refractivity contribution in [1.82, 2.24) is 0 Å². The molecule has 0 N–H and O–H groups in total. The summed E-state index contributed by atoms with van der Waals surface area (Å²) in [6.07, 6.45) is 0. The lowest BCUT2D eigenvalue weighted by Crippen LogP contribution is -2.05. The molecule has 0 radical (unpaired) electrons. The van der Waals surface area contributed by atoms with Crippen LogP contribution in [0.15, 0.2) is 34.3 Å². The van der Waals surface area contributed by atoms with Gasteiger partial charge in [-0.1, -0.05) is 17.7 Å². The molecule has 0 aliphatic rings. The SMILES string of the molecule is COc1cc(C)c(N=C(C)C(C)=Nc2c(C)cc(C)cc2C)c(C)c1. The Bertz CT molecular complexity index is 814. The number of hydrogen-bond acceptors (Lipinski definition) is 3. The fourth-order valence-corrected chi connectivity index (χ4v) is 3.06. The summed E-state index contributed by atoms with van der Waals surface area (Å²) in [5, 5.41) is 0. The Labute approximate surface area is 151 Å². The molecule has 0 aliphatic heterocycles. The molecule has 0 heterocycles. The van der Waals surface area contributed by atoms with Crippen molar-refractivity contribution in [3.05, 3.63) is 52.1 Å². The largest absolute Gasteiger partial charge is 0.497 e. The molecule has 3 nitrogen and oxygen atoms in total. The van der Waals surface area contributed by atoms with Crippen LogP contribution in [0.5, 0.6) is 5.75 Å². The van der Waals surface area contributed by atoms with Crippen LogP contribution in [0.25, 0.3) is 0 Å². The summed E-state index contributed by atoms with van der Waals surface area (Å²) in [7, 11) is 1.69. The maximum Gasteiger partial charge on any atom is 0.119 e. The highest BCUT2D eigenvalue weighted by atomic mass is 16.5. The molecule has 25 heavy (non-hydrogen) atoms. The number of aryl methyl sites for hydroxylation is 5. The van der Waals surface area contributed by atoms with E-state index in [0.717, 1.165) is 39.7 Å². The number of methoxy groups -OCH3 is 1. The molecule has 0 bridgehead atoms. The maximum atomic E-state index is 5.33. The number of hydrogen-bond donors (Lipinski definition) is 0. The molecule has 0 aromatic heterocycles. The monoisotopic (exact) mass is 336 g/mol. The van der Waals surface area contributed by atoms with Crippen molar-refractivity contribution in [3.8, 4) is 5.75 Å². The molecule has 0 aliphatic carbocycles. The second-order valence-corrected chi connectivity index (χ2v) is 6.75. The van der Waals surface area contributed by atoms with Gasteiger partial charge in [-0.2, -0.15) is 0 Å². The molecule has 0 spiro atoms. The molecular weight excluding hydrogens is 308 g/mol. The number of rotatable bonds is 4. The summed E-state index contributed by atoms with van der Waals surface area (Å²) in [4.78, 5) is 9.69. The lowest BCUT2D eigenvalue weighted by atomic mass is 10.1. The van der Waals surface area contributed by atoms with Crippen molar-refractivity contribution in [1.29, 1.82) is 0 Å². The third kappa shape index (κ3) is 4.36. The van der Waals surface area contributed by atoms with Crippen molar-refractivity contribution in [2.45, 2.75) is 48.5 Å². The van der Waals surface area contributed by atoms with Gasteiger partial charge in [0.2, 0.25) is 0 Å². The van der Waals surface area contributed by atoms with Crippen LogP contribution < -0.4 is 4.74 Å². The van der Waals surface area contributed by atoms with Gasteiger partial charge in [0.1, 0.15) is 5.75 Å². The van der Waals surface area contributed by atoms with Crippen molar-refractivity contribution >= 4 is 22.8 Å². The van der Waals surface area contributed by atoms with Crippen LogP contribution in [0.3, 0.4) is 0 Å². The Morgan fingerprint density at radius 2 is 1.04 bits per heavy atom. The van der Waals surface area contributed by atoms with E-state index in [1.54, 1.807) is 7.11 Å². The van der Waals surface area contributed by atoms with Crippen molar-refractivity contribution in [3.63, 3.8) is 0 Å². The Morgan fingerprint density at radius 1 is 0.680 bits per heavy atom. The van der Waals surface area contributed by atoms with Gasteiger partial charge in [0.25, 0.3) is 0 Å². The van der Waals surface area contributed by atoms with Gasteiger partial charge >= 0.3 is 0 Å². The van der Waals surface area contributed by atoms with Crippen LogP contribution in [0, 0.1) is 34.6 Å². The second-order valence-electron chi connectivity index (χ2n) is 6.75. The van der Waals surface area contributed by atoms with Crippen LogP contribution in [0.2, 0.25) is 0 Å². The molecule has 0 atom stereocenters. The first-order valence-electron chi connectivity index (χ1n) is 8.57. The number of aliphatic imine (C=N–C) groups is 2. The maximum absolute atomic E-state index is 5.33. The summed E-state index contributed by atoms with van der Waals surface area (Å²) in [5.74, 6) is 0.864. The molecule has 0 unspecified atom stereocenters. The summed E-state index contributed by atoms with van der Waals surface area (Å²) >= 11 is 0. The molecular formula is C22H28N2O. The van der Waals surface area contributed by atoms with E-state index in [1.165, 1.54) is 16.7 Å². The number of benzene rings is 2. The van der Waals surface area contributed by atoms with E-state index >= 15 is 0 Å². The fourth-order valence-electron chi connectivity index (χ4n) is 3.06. The van der Waals surface area contributed by atoms with Crippen LogP contribution in [0.4, 0.5) is 11.4 Å². The highest BCUT2D eigenvalue weighted by molar-refractivity contribution is 6.41. The van der Waals surface area contributed by atoms with Gasteiger partial charge in [0, 0.05) is 0 Å². The first-order valence-corrected chi connectivity index (χ1v) is 8.57. The fraction of sp³-hybridized carbons (Fsp3) is 0.364. The van der Waals surface area contributed by atoms with E-state index in [9.17, 15) is 0 Å². The summed E-state index contributed by atoms with van der Waals surface area (Å²) in [6.45, 7) is 14.5.